The molecule has 1 aromatic rings. The third-order valence-electron chi connectivity index (χ3n) is 1.56. The predicted molar refractivity (Wildman–Crippen MR) is 48.8 cm³/mol. The largest absolute Gasteiger partial charge is 0.296 e. The third-order valence-corrected chi connectivity index (χ3v) is 2.44. The van der Waals surface area contributed by atoms with Crippen LogP contribution in [0.1, 0.15) is 5.56 Å². The summed E-state index contributed by atoms with van der Waals surface area (Å²) in [5.41, 5.74) is 0.524. The Bertz CT molecular complexity index is 500. The van der Waals surface area contributed by atoms with Gasteiger partial charge in [0.25, 0.3) is 10.1 Å². The fourth-order valence-corrected chi connectivity index (χ4v) is 1.68. The van der Waals surface area contributed by atoms with Crippen molar-refractivity contribution < 1.29 is 17.8 Å². The smallest absolute Gasteiger partial charge is 0.282 e. The van der Waals surface area contributed by atoms with Crippen molar-refractivity contribution in [1.29, 1.82) is 0 Å². The molecule has 0 bridgehead atoms. The average molecular weight is 213 g/mol. The molecule has 0 aromatic heterocycles. The van der Waals surface area contributed by atoms with Gasteiger partial charge in [0, 0.05) is 0 Å². The molecule has 5 nitrogen and oxygen atoms in total. The van der Waals surface area contributed by atoms with Gasteiger partial charge >= 0.3 is 0 Å². The molecule has 0 spiro atoms. The van der Waals surface area contributed by atoms with Gasteiger partial charge in [-0.1, -0.05) is 6.07 Å². The van der Waals surface area contributed by atoms with E-state index in [1.165, 1.54) is 18.2 Å². The molecule has 0 fully saturated rings. The van der Waals surface area contributed by atoms with E-state index in [-0.39, 0.29) is 10.6 Å². The van der Waals surface area contributed by atoms with Gasteiger partial charge in [0.1, 0.15) is 4.90 Å². The summed E-state index contributed by atoms with van der Waals surface area (Å²) in [4.78, 5) is 12.8. The lowest BCUT2D eigenvalue weighted by Crippen LogP contribution is -1.98. The Kier molecular flexibility index (Phi) is 2.81. The van der Waals surface area contributed by atoms with Crippen molar-refractivity contribution in [3.8, 4) is 0 Å². The van der Waals surface area contributed by atoms with E-state index in [2.05, 4.69) is 4.99 Å². The van der Waals surface area contributed by atoms with Gasteiger partial charge in [0.05, 0.1) is 5.69 Å². The Morgan fingerprint density at radius 2 is 2.07 bits per heavy atom. The van der Waals surface area contributed by atoms with Crippen LogP contribution in [0, 0.1) is 6.92 Å². The fraction of sp³-hybridized carbons (Fsp3) is 0.125. The molecule has 0 amide bonds. The molecule has 1 aromatic carbocycles. The van der Waals surface area contributed by atoms with Crippen LogP contribution in [0.15, 0.2) is 28.1 Å². The van der Waals surface area contributed by atoms with Crippen molar-refractivity contribution in [2.24, 2.45) is 4.99 Å². The Morgan fingerprint density at radius 1 is 1.43 bits per heavy atom. The molecule has 0 aliphatic heterocycles. The highest BCUT2D eigenvalue weighted by Gasteiger charge is 2.15. The summed E-state index contributed by atoms with van der Waals surface area (Å²) in [6.07, 6.45) is 1.22. The normalized spacial score (nSPS) is 10.7. The van der Waals surface area contributed by atoms with E-state index in [9.17, 15) is 13.2 Å². The van der Waals surface area contributed by atoms with Crippen LogP contribution in [0.2, 0.25) is 0 Å². The minimum absolute atomic E-state index is 0.117. The van der Waals surface area contributed by atoms with Crippen LogP contribution in [0.25, 0.3) is 0 Å². The maximum Gasteiger partial charge on any atom is 0.296 e. The second kappa shape index (κ2) is 3.71. The number of nitrogens with zero attached hydrogens (tertiary/aromatic N) is 1. The summed E-state index contributed by atoms with van der Waals surface area (Å²) in [5.74, 6) is 0. The van der Waals surface area contributed by atoms with Crippen molar-refractivity contribution in [1.82, 2.24) is 0 Å². The zero-order valence-electron chi connectivity index (χ0n) is 7.26. The van der Waals surface area contributed by atoms with Crippen molar-refractivity contribution in [3.05, 3.63) is 23.8 Å². The first-order valence-corrected chi connectivity index (χ1v) is 5.05. The van der Waals surface area contributed by atoms with Gasteiger partial charge in [-0.05, 0) is 24.6 Å². The molecule has 0 radical (unpaired) electrons. The van der Waals surface area contributed by atoms with Crippen LogP contribution in [0.4, 0.5) is 5.69 Å². The fourth-order valence-electron chi connectivity index (χ4n) is 0.969. The molecule has 14 heavy (non-hydrogen) atoms. The SMILES string of the molecule is Cc1ccc(N=C=O)c(S(=O)(=O)O)c1. The lowest BCUT2D eigenvalue weighted by Gasteiger charge is -2.01. The second-order valence-electron chi connectivity index (χ2n) is 2.65. The summed E-state index contributed by atoms with van der Waals surface area (Å²) in [6.45, 7) is 1.66. The lowest BCUT2D eigenvalue weighted by molar-refractivity contribution is 0.483. The number of aliphatic imine (C=N–C) groups is 1. The Morgan fingerprint density at radius 3 is 2.57 bits per heavy atom. The monoisotopic (exact) mass is 213 g/mol. The van der Waals surface area contributed by atoms with Gasteiger partial charge in [-0.15, -0.1) is 0 Å². The number of carbonyl (C=O) groups excluding carboxylic acids is 1. The summed E-state index contributed by atoms with van der Waals surface area (Å²) < 4.78 is 30.5. The molecule has 0 aliphatic rings. The van der Waals surface area contributed by atoms with Gasteiger partial charge in [0.15, 0.2) is 0 Å². The first-order chi connectivity index (χ1) is 6.45. The predicted octanol–water partition coefficient (Wildman–Crippen LogP) is 1.21. The number of aryl methyl sites for hydroxylation is 1. The number of hydrogen-bond donors (Lipinski definition) is 1. The molecule has 0 saturated heterocycles. The van der Waals surface area contributed by atoms with E-state index < -0.39 is 10.1 Å². The van der Waals surface area contributed by atoms with Gasteiger partial charge in [0.2, 0.25) is 6.08 Å². The molecule has 0 saturated carbocycles. The highest BCUT2D eigenvalue weighted by molar-refractivity contribution is 7.86. The Labute approximate surface area is 80.8 Å². The van der Waals surface area contributed by atoms with E-state index in [1.54, 1.807) is 13.0 Å². The van der Waals surface area contributed by atoms with Crippen LogP contribution >= 0.6 is 0 Å². The van der Waals surface area contributed by atoms with E-state index in [1.807, 2.05) is 0 Å². The maximum absolute atomic E-state index is 10.8. The third kappa shape index (κ3) is 2.26. The molecule has 0 atom stereocenters. The zero-order valence-corrected chi connectivity index (χ0v) is 8.08. The highest BCUT2D eigenvalue weighted by Crippen LogP contribution is 2.24. The van der Waals surface area contributed by atoms with Gasteiger partial charge in [-0.2, -0.15) is 13.4 Å². The van der Waals surface area contributed by atoms with E-state index >= 15 is 0 Å². The molecule has 0 unspecified atom stereocenters. The minimum Gasteiger partial charge on any atom is -0.282 e. The lowest BCUT2D eigenvalue weighted by atomic mass is 10.2. The molecule has 74 valence electrons. The molecule has 1 N–H and O–H groups in total. The molecular formula is C8H7NO4S. The topological polar surface area (TPSA) is 83.8 Å². The van der Waals surface area contributed by atoms with E-state index in [4.69, 9.17) is 4.55 Å². The Balaban J connectivity index is 3.53. The van der Waals surface area contributed by atoms with Crippen LogP contribution in [-0.4, -0.2) is 19.1 Å². The first-order valence-electron chi connectivity index (χ1n) is 3.61. The van der Waals surface area contributed by atoms with Crippen molar-refractivity contribution in [2.45, 2.75) is 11.8 Å². The summed E-state index contributed by atoms with van der Waals surface area (Å²) in [6, 6.07) is 4.12. The molecule has 6 heteroatoms. The van der Waals surface area contributed by atoms with Crippen LogP contribution in [0.3, 0.4) is 0 Å². The Hall–Kier alpha value is -1.49. The quantitative estimate of drug-likeness (QED) is 0.454. The van der Waals surface area contributed by atoms with E-state index in [0.717, 1.165) is 0 Å². The van der Waals surface area contributed by atoms with Gasteiger partial charge in [-0.3, -0.25) is 4.55 Å². The van der Waals surface area contributed by atoms with Crippen molar-refractivity contribution in [2.75, 3.05) is 0 Å². The summed E-state index contributed by atoms with van der Waals surface area (Å²) in [5, 5.41) is 0. The second-order valence-corrected chi connectivity index (χ2v) is 4.04. The van der Waals surface area contributed by atoms with Crippen LogP contribution in [-0.2, 0) is 14.9 Å². The number of benzene rings is 1. The average Bonchev–Trinajstić information content (AvgIpc) is 2.07. The molecule has 0 heterocycles. The zero-order chi connectivity index (χ0) is 10.8. The molecular weight excluding hydrogens is 206 g/mol. The number of rotatable bonds is 2. The summed E-state index contributed by atoms with van der Waals surface area (Å²) >= 11 is 0. The number of hydrogen-bond acceptors (Lipinski definition) is 4. The van der Waals surface area contributed by atoms with Crippen molar-refractivity contribution >= 4 is 21.9 Å². The molecule has 1 rings (SSSR count). The molecule has 0 aliphatic carbocycles. The van der Waals surface area contributed by atoms with Crippen LogP contribution in [0.5, 0.6) is 0 Å². The summed E-state index contributed by atoms with van der Waals surface area (Å²) in [7, 11) is -4.35. The van der Waals surface area contributed by atoms with Crippen LogP contribution < -0.4 is 0 Å². The maximum atomic E-state index is 10.8. The minimum atomic E-state index is -4.35. The highest BCUT2D eigenvalue weighted by atomic mass is 32.2. The first kappa shape index (κ1) is 10.6. The van der Waals surface area contributed by atoms with Gasteiger partial charge < -0.3 is 0 Å². The van der Waals surface area contributed by atoms with E-state index in [0.29, 0.717) is 5.56 Å². The standard InChI is InChI=1S/C8H7NO4S/c1-6-2-3-7(9-5-10)8(4-6)14(11,12)13/h2-4H,1H3,(H,11,12,13). The van der Waals surface area contributed by atoms with Gasteiger partial charge in [-0.25, -0.2) is 4.79 Å². The number of isocyanates is 1. The van der Waals surface area contributed by atoms with Crippen molar-refractivity contribution in [3.63, 3.8) is 0 Å².